The van der Waals surface area contributed by atoms with E-state index in [9.17, 15) is 9.59 Å². The number of anilines is 1. The third kappa shape index (κ3) is 3.92. The molecule has 19 heavy (non-hydrogen) atoms. The summed E-state index contributed by atoms with van der Waals surface area (Å²) in [4.78, 5) is 22.0. The van der Waals surface area contributed by atoms with E-state index in [0.717, 1.165) is 5.56 Å². The van der Waals surface area contributed by atoms with Crippen LogP contribution < -0.4 is 10.6 Å². The molecule has 0 unspecified atom stereocenters. The van der Waals surface area contributed by atoms with Gasteiger partial charge in [0.25, 0.3) is 0 Å². The van der Waals surface area contributed by atoms with E-state index in [4.69, 9.17) is 0 Å². The van der Waals surface area contributed by atoms with Crippen LogP contribution >= 0.6 is 11.8 Å². The van der Waals surface area contributed by atoms with Gasteiger partial charge < -0.3 is 10.6 Å². The van der Waals surface area contributed by atoms with Gasteiger partial charge in [-0.25, -0.2) is 0 Å². The molecule has 2 amide bonds. The molecule has 1 aliphatic heterocycles. The highest BCUT2D eigenvalue weighted by atomic mass is 32.2. The lowest BCUT2D eigenvalue weighted by molar-refractivity contribution is -0.117. The van der Waals surface area contributed by atoms with Gasteiger partial charge in [-0.1, -0.05) is 30.0 Å². The molecule has 1 aromatic carbocycles. The van der Waals surface area contributed by atoms with Crippen molar-refractivity contribution in [3.8, 4) is 0 Å². The lowest BCUT2D eigenvalue weighted by Crippen LogP contribution is -2.19. The number of hydrogen-bond acceptors (Lipinski definition) is 5. The first-order valence-corrected chi connectivity index (χ1v) is 6.54. The summed E-state index contributed by atoms with van der Waals surface area (Å²) in [6, 6.07) is 7.25. The van der Waals surface area contributed by atoms with Crippen LogP contribution in [0.5, 0.6) is 0 Å². The molecule has 0 spiro atoms. The second kappa shape index (κ2) is 6.14. The van der Waals surface area contributed by atoms with E-state index in [-0.39, 0.29) is 11.8 Å². The van der Waals surface area contributed by atoms with Gasteiger partial charge in [-0.3, -0.25) is 9.59 Å². The van der Waals surface area contributed by atoms with Crippen LogP contribution in [0.25, 0.3) is 0 Å². The molecule has 2 rings (SSSR count). The van der Waals surface area contributed by atoms with Gasteiger partial charge >= 0.3 is 0 Å². The predicted octanol–water partition coefficient (Wildman–Crippen LogP) is 1.20. The van der Waals surface area contributed by atoms with Crippen molar-refractivity contribution in [3.05, 3.63) is 29.8 Å². The number of carbonyl (C=O) groups is 2. The van der Waals surface area contributed by atoms with Gasteiger partial charge in [0.15, 0.2) is 5.17 Å². The van der Waals surface area contributed by atoms with Crippen LogP contribution in [0.2, 0.25) is 0 Å². The maximum atomic E-state index is 11.1. The van der Waals surface area contributed by atoms with Gasteiger partial charge in [-0.15, -0.1) is 5.10 Å². The Bertz CT molecular complexity index is 569. The summed E-state index contributed by atoms with van der Waals surface area (Å²) in [7, 11) is 0. The Balaban J connectivity index is 2.10. The Kier molecular flexibility index (Phi) is 4.30. The normalized spacial score (nSPS) is 16.9. The van der Waals surface area contributed by atoms with E-state index < -0.39 is 0 Å². The molecule has 1 aromatic rings. The molecule has 1 fully saturated rings. The van der Waals surface area contributed by atoms with E-state index in [1.807, 2.05) is 18.2 Å². The monoisotopic (exact) mass is 276 g/mol. The fraction of sp³-hybridized carbons (Fsp3) is 0.167. The predicted molar refractivity (Wildman–Crippen MR) is 76.4 cm³/mol. The summed E-state index contributed by atoms with van der Waals surface area (Å²) in [5.74, 6) is 0.153. The average Bonchev–Trinajstić information content (AvgIpc) is 2.77. The van der Waals surface area contributed by atoms with Crippen molar-refractivity contribution in [1.29, 1.82) is 0 Å². The lowest BCUT2D eigenvalue weighted by Gasteiger charge is -2.04. The smallest absolute Gasteiger partial charge is 0.236 e. The Morgan fingerprint density at radius 1 is 1.47 bits per heavy atom. The second-order valence-corrected chi connectivity index (χ2v) is 4.72. The first-order valence-electron chi connectivity index (χ1n) is 5.55. The molecule has 0 atom stereocenters. The third-order valence-electron chi connectivity index (χ3n) is 2.20. The highest BCUT2D eigenvalue weighted by molar-refractivity contribution is 8.15. The van der Waals surface area contributed by atoms with Crippen LogP contribution in [0, 0.1) is 0 Å². The van der Waals surface area contributed by atoms with Gasteiger partial charge in [0.2, 0.25) is 11.8 Å². The number of hydrogen-bond donors (Lipinski definition) is 2. The molecule has 2 N–H and O–H groups in total. The zero-order valence-electron chi connectivity index (χ0n) is 10.2. The van der Waals surface area contributed by atoms with Gasteiger partial charge in [0.1, 0.15) is 0 Å². The van der Waals surface area contributed by atoms with Crippen molar-refractivity contribution in [1.82, 2.24) is 5.32 Å². The number of thioether (sulfide) groups is 1. The fourth-order valence-electron chi connectivity index (χ4n) is 1.44. The SMILES string of the molecule is CC(=O)Nc1ccccc1C=NN=C1NC(=O)CS1. The van der Waals surface area contributed by atoms with Crippen molar-refractivity contribution in [3.63, 3.8) is 0 Å². The van der Waals surface area contributed by atoms with Crippen LogP contribution in [0.1, 0.15) is 12.5 Å². The van der Waals surface area contributed by atoms with Crippen LogP contribution in [0.3, 0.4) is 0 Å². The number of nitrogens with zero attached hydrogens (tertiary/aromatic N) is 2. The number of rotatable bonds is 3. The van der Waals surface area contributed by atoms with E-state index in [1.165, 1.54) is 24.9 Å². The zero-order chi connectivity index (χ0) is 13.7. The summed E-state index contributed by atoms with van der Waals surface area (Å²) in [6.07, 6.45) is 1.53. The van der Waals surface area contributed by atoms with Gasteiger partial charge in [-0.05, 0) is 6.07 Å². The van der Waals surface area contributed by atoms with Crippen LogP contribution in [0.4, 0.5) is 5.69 Å². The van der Waals surface area contributed by atoms with Crippen molar-refractivity contribution in [2.45, 2.75) is 6.92 Å². The molecule has 0 bridgehead atoms. The Hall–Kier alpha value is -2.15. The van der Waals surface area contributed by atoms with Crippen molar-refractivity contribution in [2.24, 2.45) is 10.2 Å². The first kappa shape index (κ1) is 13.3. The molecule has 0 radical (unpaired) electrons. The molecular weight excluding hydrogens is 264 g/mol. The summed E-state index contributed by atoms with van der Waals surface area (Å²) in [6.45, 7) is 1.44. The zero-order valence-corrected chi connectivity index (χ0v) is 11.0. The van der Waals surface area contributed by atoms with Crippen LogP contribution in [-0.2, 0) is 9.59 Å². The Morgan fingerprint density at radius 2 is 2.26 bits per heavy atom. The number of nitrogens with one attached hydrogen (secondary N) is 2. The summed E-state index contributed by atoms with van der Waals surface area (Å²) < 4.78 is 0. The van der Waals surface area contributed by atoms with Gasteiger partial charge in [-0.2, -0.15) is 5.10 Å². The molecule has 1 heterocycles. The van der Waals surface area contributed by atoms with Crippen LogP contribution in [0.15, 0.2) is 34.5 Å². The first-order chi connectivity index (χ1) is 9.15. The highest BCUT2D eigenvalue weighted by Gasteiger charge is 2.15. The minimum atomic E-state index is -0.147. The molecule has 7 heteroatoms. The average molecular weight is 276 g/mol. The fourth-order valence-corrected chi connectivity index (χ4v) is 2.07. The van der Waals surface area contributed by atoms with Crippen LogP contribution in [-0.4, -0.2) is 28.9 Å². The topological polar surface area (TPSA) is 82.9 Å². The number of para-hydroxylation sites is 1. The highest BCUT2D eigenvalue weighted by Crippen LogP contribution is 2.13. The summed E-state index contributed by atoms with van der Waals surface area (Å²) in [5, 5.41) is 13.6. The quantitative estimate of drug-likeness (QED) is 0.642. The molecule has 1 saturated heterocycles. The molecule has 0 aromatic heterocycles. The van der Waals surface area contributed by atoms with Crippen molar-refractivity contribution in [2.75, 3.05) is 11.1 Å². The molecular formula is C12H12N4O2S. The minimum Gasteiger partial charge on any atom is -0.326 e. The maximum Gasteiger partial charge on any atom is 0.236 e. The summed E-state index contributed by atoms with van der Waals surface area (Å²) in [5.41, 5.74) is 1.42. The Labute approximate surface area is 114 Å². The van der Waals surface area contributed by atoms with Gasteiger partial charge in [0.05, 0.1) is 12.0 Å². The van der Waals surface area contributed by atoms with Crippen molar-refractivity contribution >= 4 is 40.6 Å². The standard InChI is InChI=1S/C12H12N4O2S/c1-8(17)14-10-5-3-2-4-9(10)6-13-16-12-15-11(18)7-19-12/h2-6H,7H2,1H3,(H,14,17)(H,15,16,18). The van der Waals surface area contributed by atoms with Crippen molar-refractivity contribution < 1.29 is 9.59 Å². The summed E-state index contributed by atoms with van der Waals surface area (Å²) >= 11 is 1.31. The number of amides is 2. The largest absolute Gasteiger partial charge is 0.326 e. The lowest BCUT2D eigenvalue weighted by atomic mass is 10.2. The number of amidine groups is 1. The minimum absolute atomic E-state index is 0.0717. The number of carbonyl (C=O) groups excluding carboxylic acids is 2. The molecule has 1 aliphatic rings. The number of benzene rings is 1. The molecule has 98 valence electrons. The second-order valence-electron chi connectivity index (χ2n) is 3.76. The van der Waals surface area contributed by atoms with E-state index >= 15 is 0 Å². The third-order valence-corrected chi connectivity index (χ3v) is 3.07. The molecule has 6 nitrogen and oxygen atoms in total. The van der Waals surface area contributed by atoms with E-state index in [0.29, 0.717) is 16.6 Å². The molecule has 0 saturated carbocycles. The Morgan fingerprint density at radius 3 is 2.95 bits per heavy atom. The van der Waals surface area contributed by atoms with Gasteiger partial charge in [0, 0.05) is 18.2 Å². The van der Waals surface area contributed by atoms with E-state index in [1.54, 1.807) is 6.07 Å². The molecule has 0 aliphatic carbocycles. The van der Waals surface area contributed by atoms with E-state index in [2.05, 4.69) is 20.8 Å². The maximum absolute atomic E-state index is 11.1.